The molecule has 0 aromatic carbocycles. The van der Waals surface area contributed by atoms with Gasteiger partial charge >= 0.3 is 0 Å². The topological polar surface area (TPSA) is 42.7 Å². The normalized spacial score (nSPS) is 12.8. The van der Waals surface area contributed by atoms with E-state index >= 15 is 0 Å². The number of hydrogen-bond acceptors (Lipinski definition) is 4. The lowest BCUT2D eigenvalue weighted by atomic mass is 10.0. The van der Waals surface area contributed by atoms with Gasteiger partial charge in [0.25, 0.3) is 0 Å². The smallest absolute Gasteiger partial charge is 0.0846 e. The molecule has 1 N–H and O–H groups in total. The molecule has 1 atom stereocenters. The number of thiophene rings is 1. The molecule has 4 nitrogen and oxygen atoms in total. The van der Waals surface area contributed by atoms with Crippen LogP contribution in [0.1, 0.15) is 42.4 Å². The molecule has 2 heterocycles. The molecule has 0 amide bonds. The van der Waals surface area contributed by atoms with Crippen molar-refractivity contribution < 1.29 is 0 Å². The van der Waals surface area contributed by atoms with Gasteiger partial charge in [0.1, 0.15) is 0 Å². The van der Waals surface area contributed by atoms with Crippen LogP contribution in [0.4, 0.5) is 0 Å². The molecule has 1 unspecified atom stereocenters. The summed E-state index contributed by atoms with van der Waals surface area (Å²) in [6, 6.07) is 2.59. The number of aromatic nitrogens is 3. The highest BCUT2D eigenvalue weighted by Gasteiger charge is 2.17. The van der Waals surface area contributed by atoms with E-state index in [0.717, 1.165) is 31.5 Å². The van der Waals surface area contributed by atoms with Gasteiger partial charge < -0.3 is 5.32 Å². The van der Waals surface area contributed by atoms with Crippen LogP contribution in [0, 0.1) is 0 Å². The first-order valence-electron chi connectivity index (χ1n) is 6.89. The molecule has 0 fully saturated rings. The van der Waals surface area contributed by atoms with Crippen molar-refractivity contribution in [2.24, 2.45) is 7.05 Å². The van der Waals surface area contributed by atoms with Crippen molar-refractivity contribution >= 4 is 11.3 Å². The Hall–Kier alpha value is -1.20. The molecular weight excluding hydrogens is 256 g/mol. The quantitative estimate of drug-likeness (QED) is 0.847. The third kappa shape index (κ3) is 3.64. The minimum absolute atomic E-state index is 0.353. The molecule has 0 aliphatic rings. The number of rotatable bonds is 7. The molecular formula is C14H22N4S. The predicted molar refractivity (Wildman–Crippen MR) is 79.4 cm³/mol. The average molecular weight is 278 g/mol. The summed E-state index contributed by atoms with van der Waals surface area (Å²) in [5.41, 5.74) is 2.49. The van der Waals surface area contributed by atoms with Gasteiger partial charge in [-0.25, -0.2) is 0 Å². The molecule has 0 radical (unpaired) electrons. The number of nitrogens with one attached hydrogen (secondary N) is 1. The van der Waals surface area contributed by atoms with E-state index in [1.165, 1.54) is 10.4 Å². The predicted octanol–water partition coefficient (Wildman–Crippen LogP) is 2.72. The van der Waals surface area contributed by atoms with Crippen molar-refractivity contribution in [1.82, 2.24) is 20.3 Å². The molecule has 0 saturated heterocycles. The summed E-state index contributed by atoms with van der Waals surface area (Å²) < 4.78 is 1.77. The lowest BCUT2D eigenvalue weighted by Crippen LogP contribution is -2.24. The highest BCUT2D eigenvalue weighted by atomic mass is 32.1. The van der Waals surface area contributed by atoms with Crippen LogP contribution in [0.25, 0.3) is 0 Å². The minimum atomic E-state index is 0.353. The van der Waals surface area contributed by atoms with Crippen LogP contribution in [0.15, 0.2) is 17.6 Å². The molecule has 104 valence electrons. The fourth-order valence-electron chi connectivity index (χ4n) is 2.22. The van der Waals surface area contributed by atoms with Crippen molar-refractivity contribution in [3.63, 3.8) is 0 Å². The molecule has 0 bridgehead atoms. The SMILES string of the molecule is CCCNC(Cc1cn(C)nn1)c1sccc1CC. The molecule has 0 spiro atoms. The third-order valence-electron chi connectivity index (χ3n) is 3.18. The second-order valence-electron chi connectivity index (χ2n) is 4.76. The van der Waals surface area contributed by atoms with Gasteiger partial charge in [0.2, 0.25) is 0 Å². The maximum Gasteiger partial charge on any atom is 0.0846 e. The average Bonchev–Trinajstić information content (AvgIpc) is 3.03. The van der Waals surface area contributed by atoms with E-state index in [2.05, 4.69) is 40.9 Å². The van der Waals surface area contributed by atoms with Gasteiger partial charge in [-0.1, -0.05) is 19.1 Å². The van der Waals surface area contributed by atoms with Gasteiger partial charge in [0.15, 0.2) is 0 Å². The largest absolute Gasteiger partial charge is 0.309 e. The van der Waals surface area contributed by atoms with Crippen molar-refractivity contribution in [1.29, 1.82) is 0 Å². The van der Waals surface area contributed by atoms with Crippen molar-refractivity contribution in [3.05, 3.63) is 33.8 Å². The van der Waals surface area contributed by atoms with Crippen molar-refractivity contribution in [2.75, 3.05) is 6.54 Å². The van der Waals surface area contributed by atoms with Crippen LogP contribution in [0.2, 0.25) is 0 Å². The maximum atomic E-state index is 4.21. The monoisotopic (exact) mass is 278 g/mol. The van der Waals surface area contributed by atoms with Crippen LogP contribution >= 0.6 is 11.3 Å². The van der Waals surface area contributed by atoms with E-state index in [1.807, 2.05) is 24.6 Å². The molecule has 0 saturated carbocycles. The van der Waals surface area contributed by atoms with Crippen LogP contribution in [-0.2, 0) is 19.9 Å². The number of aryl methyl sites for hydroxylation is 2. The van der Waals surface area contributed by atoms with Crippen LogP contribution in [0.5, 0.6) is 0 Å². The molecule has 2 aromatic heterocycles. The Morgan fingerprint density at radius 3 is 2.89 bits per heavy atom. The summed E-state index contributed by atoms with van der Waals surface area (Å²) in [4.78, 5) is 1.45. The third-order valence-corrected chi connectivity index (χ3v) is 4.26. The molecule has 5 heteroatoms. The van der Waals surface area contributed by atoms with Gasteiger partial charge in [0, 0.05) is 30.6 Å². The van der Waals surface area contributed by atoms with E-state index in [4.69, 9.17) is 0 Å². The molecule has 0 aliphatic carbocycles. The Balaban J connectivity index is 2.15. The maximum absolute atomic E-state index is 4.21. The summed E-state index contributed by atoms with van der Waals surface area (Å²) in [5, 5.41) is 14.0. The first-order chi connectivity index (χ1) is 9.24. The zero-order chi connectivity index (χ0) is 13.7. The lowest BCUT2D eigenvalue weighted by molar-refractivity contribution is 0.528. The fourth-order valence-corrected chi connectivity index (χ4v) is 3.29. The zero-order valence-electron chi connectivity index (χ0n) is 11.9. The van der Waals surface area contributed by atoms with Gasteiger partial charge in [-0.3, -0.25) is 4.68 Å². The fraction of sp³-hybridized carbons (Fsp3) is 0.571. The number of nitrogens with zero attached hydrogens (tertiary/aromatic N) is 3. The highest BCUT2D eigenvalue weighted by molar-refractivity contribution is 7.10. The van der Waals surface area contributed by atoms with E-state index in [1.54, 1.807) is 4.68 Å². The molecule has 0 aliphatic heterocycles. The lowest BCUT2D eigenvalue weighted by Gasteiger charge is -2.17. The Morgan fingerprint density at radius 1 is 1.42 bits per heavy atom. The molecule has 2 aromatic rings. The van der Waals surface area contributed by atoms with Crippen LogP contribution < -0.4 is 5.32 Å². The summed E-state index contributed by atoms with van der Waals surface area (Å²) in [6.07, 6.45) is 5.13. The zero-order valence-corrected chi connectivity index (χ0v) is 12.7. The van der Waals surface area contributed by atoms with Crippen molar-refractivity contribution in [2.45, 2.75) is 39.2 Å². The van der Waals surface area contributed by atoms with Gasteiger partial charge in [-0.2, -0.15) is 0 Å². The summed E-state index contributed by atoms with van der Waals surface area (Å²) in [7, 11) is 1.91. The first kappa shape index (κ1) is 14.2. The second kappa shape index (κ2) is 6.82. The van der Waals surface area contributed by atoms with Gasteiger partial charge in [-0.05, 0) is 36.4 Å². The highest BCUT2D eigenvalue weighted by Crippen LogP contribution is 2.27. The Kier molecular flexibility index (Phi) is 5.10. The van der Waals surface area contributed by atoms with E-state index in [9.17, 15) is 0 Å². The van der Waals surface area contributed by atoms with E-state index in [0.29, 0.717) is 6.04 Å². The second-order valence-corrected chi connectivity index (χ2v) is 5.71. The first-order valence-corrected chi connectivity index (χ1v) is 7.77. The summed E-state index contributed by atoms with van der Waals surface area (Å²) >= 11 is 1.84. The Bertz CT molecular complexity index is 503. The minimum Gasteiger partial charge on any atom is -0.309 e. The van der Waals surface area contributed by atoms with Gasteiger partial charge in [0.05, 0.1) is 5.69 Å². The van der Waals surface area contributed by atoms with Crippen LogP contribution in [0.3, 0.4) is 0 Å². The summed E-state index contributed by atoms with van der Waals surface area (Å²) in [5.74, 6) is 0. The van der Waals surface area contributed by atoms with E-state index < -0.39 is 0 Å². The van der Waals surface area contributed by atoms with E-state index in [-0.39, 0.29) is 0 Å². The van der Waals surface area contributed by atoms with Gasteiger partial charge in [-0.15, -0.1) is 16.4 Å². The van der Waals surface area contributed by atoms with Crippen molar-refractivity contribution in [3.8, 4) is 0 Å². The standard InChI is InChI=1S/C14H22N4S/c1-4-7-15-13(9-12-10-18(3)17-16-12)14-11(5-2)6-8-19-14/h6,8,10,13,15H,4-5,7,9H2,1-3H3. The number of hydrogen-bond donors (Lipinski definition) is 1. The molecule has 2 rings (SSSR count). The van der Waals surface area contributed by atoms with Crippen LogP contribution in [-0.4, -0.2) is 21.5 Å². The Morgan fingerprint density at radius 2 is 2.26 bits per heavy atom. The summed E-state index contributed by atoms with van der Waals surface area (Å²) in [6.45, 7) is 5.44. The Labute approximate surface area is 118 Å². The molecule has 19 heavy (non-hydrogen) atoms.